The Hall–Kier alpha value is -3.03. The first kappa shape index (κ1) is 22.7. The number of carbonyl (C=O) groups is 1. The van der Waals surface area contributed by atoms with Crippen LogP contribution >= 0.6 is 0 Å². The van der Waals surface area contributed by atoms with Gasteiger partial charge in [-0.15, -0.1) is 0 Å². The van der Waals surface area contributed by atoms with Crippen molar-refractivity contribution in [3.8, 4) is 0 Å². The third kappa shape index (κ3) is 5.37. The van der Waals surface area contributed by atoms with E-state index in [9.17, 15) is 17.6 Å². The molecule has 31 heavy (non-hydrogen) atoms. The highest BCUT2D eigenvalue weighted by Crippen LogP contribution is 2.21. The van der Waals surface area contributed by atoms with E-state index in [2.05, 4.69) is 0 Å². The Morgan fingerprint density at radius 3 is 2.16 bits per heavy atom. The number of rotatable bonds is 7. The van der Waals surface area contributed by atoms with E-state index in [0.717, 1.165) is 33.1 Å². The summed E-state index contributed by atoms with van der Waals surface area (Å²) in [5.74, 6) is -0.899. The van der Waals surface area contributed by atoms with Crippen LogP contribution in [0.25, 0.3) is 0 Å². The maximum Gasteiger partial charge on any atom is 0.243 e. The van der Waals surface area contributed by atoms with Gasteiger partial charge in [0.15, 0.2) is 0 Å². The van der Waals surface area contributed by atoms with Crippen LogP contribution in [0, 0.1) is 19.7 Å². The number of carbonyl (C=O) groups excluding carboxylic acids is 1. The predicted molar refractivity (Wildman–Crippen MR) is 120 cm³/mol. The van der Waals surface area contributed by atoms with Gasteiger partial charge in [-0.2, -0.15) is 4.31 Å². The topological polar surface area (TPSA) is 57.7 Å². The molecule has 5 nitrogen and oxygen atoms in total. The lowest BCUT2D eigenvalue weighted by Crippen LogP contribution is -2.41. The van der Waals surface area contributed by atoms with Crippen LogP contribution < -0.4 is 4.90 Å². The normalized spacial score (nSPS) is 11.5. The lowest BCUT2D eigenvalue weighted by atomic mass is 10.1. The minimum atomic E-state index is -4.02. The fourth-order valence-electron chi connectivity index (χ4n) is 3.10. The van der Waals surface area contributed by atoms with Gasteiger partial charge in [-0.3, -0.25) is 4.79 Å². The lowest BCUT2D eigenvalue weighted by Gasteiger charge is -2.25. The molecule has 0 aliphatic heterocycles. The summed E-state index contributed by atoms with van der Waals surface area (Å²) in [5, 5.41) is 0. The summed E-state index contributed by atoms with van der Waals surface area (Å²) in [6.45, 7) is 3.61. The summed E-state index contributed by atoms with van der Waals surface area (Å²) >= 11 is 0. The average Bonchev–Trinajstić information content (AvgIpc) is 2.75. The van der Waals surface area contributed by atoms with Gasteiger partial charge in [0.25, 0.3) is 0 Å². The third-order valence-corrected chi connectivity index (χ3v) is 7.02. The van der Waals surface area contributed by atoms with Gasteiger partial charge in [0.05, 0.1) is 11.4 Å². The van der Waals surface area contributed by atoms with Gasteiger partial charge in [-0.25, -0.2) is 12.8 Å². The summed E-state index contributed by atoms with van der Waals surface area (Å²) in [7, 11) is -2.40. The van der Waals surface area contributed by atoms with E-state index < -0.39 is 15.8 Å². The smallest absolute Gasteiger partial charge is 0.243 e. The van der Waals surface area contributed by atoms with Crippen molar-refractivity contribution >= 4 is 21.6 Å². The van der Waals surface area contributed by atoms with Crippen LogP contribution in [0.2, 0.25) is 0 Å². The highest BCUT2D eigenvalue weighted by molar-refractivity contribution is 7.89. The second-order valence-electron chi connectivity index (χ2n) is 7.43. The van der Waals surface area contributed by atoms with Gasteiger partial charge >= 0.3 is 0 Å². The molecule has 0 unspecified atom stereocenters. The summed E-state index contributed by atoms with van der Waals surface area (Å²) in [6, 6.07) is 19.3. The van der Waals surface area contributed by atoms with Gasteiger partial charge in [0, 0.05) is 19.3 Å². The van der Waals surface area contributed by atoms with Crippen LogP contribution in [0.1, 0.15) is 16.7 Å². The van der Waals surface area contributed by atoms with Crippen molar-refractivity contribution in [3.05, 3.63) is 95.3 Å². The highest BCUT2D eigenvalue weighted by Gasteiger charge is 2.28. The molecule has 0 spiro atoms. The van der Waals surface area contributed by atoms with Crippen LogP contribution in [-0.2, 0) is 21.4 Å². The number of anilines is 1. The van der Waals surface area contributed by atoms with Crippen LogP contribution in [-0.4, -0.2) is 32.2 Å². The Bertz CT molecular complexity index is 1160. The van der Waals surface area contributed by atoms with Crippen LogP contribution in [0.3, 0.4) is 0 Å². The zero-order chi connectivity index (χ0) is 22.6. The highest BCUT2D eigenvalue weighted by atomic mass is 32.2. The Labute approximate surface area is 182 Å². The quantitative estimate of drug-likeness (QED) is 0.551. The molecule has 0 bridgehead atoms. The fraction of sp³-hybridized carbons (Fsp3) is 0.208. The van der Waals surface area contributed by atoms with Crippen molar-refractivity contribution < 1.29 is 17.6 Å². The zero-order valence-electron chi connectivity index (χ0n) is 17.7. The zero-order valence-corrected chi connectivity index (χ0v) is 18.6. The van der Waals surface area contributed by atoms with Crippen molar-refractivity contribution in [1.82, 2.24) is 4.31 Å². The Morgan fingerprint density at radius 1 is 0.903 bits per heavy atom. The van der Waals surface area contributed by atoms with Crippen LogP contribution in [0.5, 0.6) is 0 Å². The van der Waals surface area contributed by atoms with E-state index in [-0.39, 0.29) is 23.9 Å². The lowest BCUT2D eigenvalue weighted by molar-refractivity contribution is -0.118. The molecule has 0 atom stereocenters. The minimum Gasteiger partial charge on any atom is -0.314 e. The van der Waals surface area contributed by atoms with Gasteiger partial charge in [0.2, 0.25) is 15.9 Å². The number of halogens is 1. The summed E-state index contributed by atoms with van der Waals surface area (Å²) < 4.78 is 41.0. The first-order valence-corrected chi connectivity index (χ1v) is 11.3. The fourth-order valence-corrected chi connectivity index (χ4v) is 4.48. The molecule has 0 saturated heterocycles. The van der Waals surface area contributed by atoms with Gasteiger partial charge < -0.3 is 4.90 Å². The Balaban J connectivity index is 1.91. The molecule has 0 aliphatic carbocycles. The number of hydrogen-bond donors (Lipinski definition) is 0. The SMILES string of the molecule is Cc1ccc(N(C)C(=O)CN(Cc2ccccc2)S(=O)(=O)c2ccc(F)cc2)cc1C. The monoisotopic (exact) mass is 440 g/mol. The van der Waals surface area contributed by atoms with Crippen molar-refractivity contribution in [1.29, 1.82) is 0 Å². The number of likely N-dealkylation sites (N-methyl/N-ethyl adjacent to an activating group) is 1. The van der Waals surface area contributed by atoms with Crippen molar-refractivity contribution in [2.45, 2.75) is 25.3 Å². The number of hydrogen-bond acceptors (Lipinski definition) is 3. The molecule has 0 fully saturated rings. The largest absolute Gasteiger partial charge is 0.314 e. The first-order chi connectivity index (χ1) is 14.7. The number of amides is 1. The van der Waals surface area contributed by atoms with E-state index in [4.69, 9.17) is 0 Å². The number of benzene rings is 3. The minimum absolute atomic E-state index is 0.0209. The van der Waals surface area contributed by atoms with E-state index in [1.54, 1.807) is 31.3 Å². The standard InChI is InChI=1S/C24H25FN2O3S/c1-18-9-12-22(15-19(18)2)26(3)24(28)17-27(16-20-7-5-4-6-8-20)31(29,30)23-13-10-21(25)11-14-23/h4-15H,16-17H2,1-3H3. The number of sulfonamides is 1. The molecular weight excluding hydrogens is 415 g/mol. The van der Waals surface area contributed by atoms with Crippen LogP contribution in [0.15, 0.2) is 77.7 Å². The molecule has 1 amide bonds. The summed E-state index contributed by atoms with van der Waals surface area (Å²) in [4.78, 5) is 14.4. The molecule has 3 rings (SSSR count). The molecule has 0 aliphatic rings. The molecule has 162 valence electrons. The van der Waals surface area contributed by atoms with Crippen molar-refractivity contribution in [2.24, 2.45) is 0 Å². The third-order valence-electron chi connectivity index (χ3n) is 5.22. The van der Waals surface area contributed by atoms with Gasteiger partial charge in [-0.1, -0.05) is 36.4 Å². The number of aryl methyl sites for hydroxylation is 2. The summed E-state index contributed by atoms with van der Waals surface area (Å²) in [6.07, 6.45) is 0. The van der Waals surface area contributed by atoms with E-state index >= 15 is 0 Å². The van der Waals surface area contributed by atoms with E-state index in [1.807, 2.05) is 38.1 Å². The molecule has 0 radical (unpaired) electrons. The summed E-state index contributed by atoms with van der Waals surface area (Å²) in [5.41, 5.74) is 3.58. The average molecular weight is 441 g/mol. The number of nitrogens with zero attached hydrogens (tertiary/aromatic N) is 2. The Morgan fingerprint density at radius 2 is 1.55 bits per heavy atom. The van der Waals surface area contributed by atoms with Crippen LogP contribution in [0.4, 0.5) is 10.1 Å². The Kier molecular flexibility index (Phi) is 6.87. The molecule has 0 aromatic heterocycles. The van der Waals surface area contributed by atoms with E-state index in [0.29, 0.717) is 5.69 Å². The first-order valence-electron chi connectivity index (χ1n) is 9.82. The molecule has 7 heteroatoms. The van der Waals surface area contributed by atoms with Crippen molar-refractivity contribution in [3.63, 3.8) is 0 Å². The molecule has 3 aromatic carbocycles. The second kappa shape index (κ2) is 9.41. The van der Waals surface area contributed by atoms with Gasteiger partial charge in [0.1, 0.15) is 5.82 Å². The predicted octanol–water partition coefficient (Wildman–Crippen LogP) is 4.30. The van der Waals surface area contributed by atoms with E-state index in [1.165, 1.54) is 17.0 Å². The molecular formula is C24H25FN2O3S. The molecule has 0 heterocycles. The molecule has 0 N–H and O–H groups in total. The molecule has 0 saturated carbocycles. The second-order valence-corrected chi connectivity index (χ2v) is 9.37. The van der Waals surface area contributed by atoms with Crippen molar-refractivity contribution in [2.75, 3.05) is 18.5 Å². The maximum absolute atomic E-state index is 13.3. The maximum atomic E-state index is 13.3. The van der Waals surface area contributed by atoms with Gasteiger partial charge in [-0.05, 0) is 66.9 Å². The molecule has 3 aromatic rings.